The second-order valence-corrected chi connectivity index (χ2v) is 7.10. The van der Waals surface area contributed by atoms with Gasteiger partial charge in [0, 0.05) is 38.0 Å². The van der Waals surface area contributed by atoms with Crippen LogP contribution >= 0.6 is 0 Å². The predicted octanol–water partition coefficient (Wildman–Crippen LogP) is 0.754. The van der Waals surface area contributed by atoms with E-state index in [1.165, 1.54) is 0 Å². The first-order valence-corrected chi connectivity index (χ1v) is 9.53. The van der Waals surface area contributed by atoms with E-state index >= 15 is 0 Å². The molecule has 2 fully saturated rings. The van der Waals surface area contributed by atoms with Crippen molar-refractivity contribution in [1.82, 2.24) is 20.4 Å². The lowest BCUT2D eigenvalue weighted by Gasteiger charge is -2.26. The number of nitrogens with zero attached hydrogens (tertiary/aromatic N) is 3. The Morgan fingerprint density at radius 3 is 2.96 bits per heavy atom. The number of H-pyrrole nitrogens is 1. The minimum Gasteiger partial charge on any atom is -0.379 e. The molecule has 2 N–H and O–H groups in total. The highest BCUT2D eigenvalue weighted by molar-refractivity contribution is 6.05. The van der Waals surface area contributed by atoms with Gasteiger partial charge in [-0.05, 0) is 25.1 Å². The number of fused-ring (bicyclic) bond motifs is 1. The summed E-state index contributed by atoms with van der Waals surface area (Å²) in [5, 5.41) is 11.1. The first-order chi connectivity index (χ1) is 13.2. The van der Waals surface area contributed by atoms with Crippen LogP contribution in [0.2, 0.25) is 0 Å². The fourth-order valence-electron chi connectivity index (χ4n) is 3.73. The van der Waals surface area contributed by atoms with Crippen LogP contribution in [0.5, 0.6) is 0 Å². The van der Waals surface area contributed by atoms with Crippen molar-refractivity contribution >= 4 is 28.5 Å². The molecule has 4 rings (SSSR count). The van der Waals surface area contributed by atoms with Crippen molar-refractivity contribution in [1.29, 1.82) is 0 Å². The van der Waals surface area contributed by atoms with Crippen LogP contribution in [0.3, 0.4) is 0 Å². The van der Waals surface area contributed by atoms with Crippen LogP contribution in [0.1, 0.15) is 12.8 Å². The summed E-state index contributed by atoms with van der Waals surface area (Å²) in [4.78, 5) is 28.9. The third kappa shape index (κ3) is 3.96. The number of rotatable bonds is 6. The minimum atomic E-state index is -0.323. The number of carbonyl (C=O) groups excluding carboxylic acids is 2. The molecule has 0 saturated carbocycles. The summed E-state index contributed by atoms with van der Waals surface area (Å²) in [6.45, 7) is 5.45. The fraction of sp³-hybridized carbons (Fsp3) is 0.526. The molecule has 2 amide bonds. The minimum absolute atomic E-state index is 0.0485. The first kappa shape index (κ1) is 17.9. The van der Waals surface area contributed by atoms with E-state index in [9.17, 15) is 9.59 Å². The van der Waals surface area contributed by atoms with Crippen molar-refractivity contribution in [3.63, 3.8) is 0 Å². The van der Waals surface area contributed by atoms with Gasteiger partial charge in [-0.25, -0.2) is 0 Å². The van der Waals surface area contributed by atoms with E-state index in [2.05, 4.69) is 20.4 Å². The zero-order valence-corrected chi connectivity index (χ0v) is 15.3. The van der Waals surface area contributed by atoms with Crippen LogP contribution < -0.4 is 10.2 Å². The number of carbonyl (C=O) groups is 2. The van der Waals surface area contributed by atoms with Gasteiger partial charge in [-0.3, -0.25) is 24.5 Å². The Hall–Kier alpha value is -2.45. The van der Waals surface area contributed by atoms with E-state index in [1.54, 1.807) is 4.90 Å². The second-order valence-electron chi connectivity index (χ2n) is 7.10. The number of nitrogens with one attached hydrogen (secondary N) is 2. The molecule has 3 heterocycles. The summed E-state index contributed by atoms with van der Waals surface area (Å²) in [5.74, 6) is 0.183. The average Bonchev–Trinajstić information content (AvgIpc) is 3.29. The quantitative estimate of drug-likeness (QED) is 0.732. The van der Waals surface area contributed by atoms with Gasteiger partial charge in [0.25, 0.3) is 0 Å². The Labute approximate surface area is 157 Å². The molecule has 27 heavy (non-hydrogen) atoms. The summed E-state index contributed by atoms with van der Waals surface area (Å²) in [6, 6.07) is 7.69. The van der Waals surface area contributed by atoms with Gasteiger partial charge in [0.2, 0.25) is 11.8 Å². The number of para-hydroxylation sites is 1. The Kier molecular flexibility index (Phi) is 5.35. The molecule has 0 radical (unpaired) electrons. The number of amides is 2. The summed E-state index contributed by atoms with van der Waals surface area (Å²) in [6.07, 6.45) is 1.14. The molecule has 2 aromatic rings. The number of hydrogen-bond acceptors (Lipinski definition) is 5. The van der Waals surface area contributed by atoms with E-state index in [1.807, 2.05) is 24.3 Å². The van der Waals surface area contributed by atoms with Gasteiger partial charge in [0.15, 0.2) is 5.82 Å². The topological polar surface area (TPSA) is 90.6 Å². The first-order valence-electron chi connectivity index (χ1n) is 9.53. The highest BCUT2D eigenvalue weighted by Crippen LogP contribution is 2.29. The highest BCUT2D eigenvalue weighted by atomic mass is 16.5. The third-order valence-corrected chi connectivity index (χ3v) is 5.26. The maximum absolute atomic E-state index is 12.5. The highest BCUT2D eigenvalue weighted by Gasteiger charge is 2.36. The number of ether oxygens (including phenoxy) is 1. The van der Waals surface area contributed by atoms with Gasteiger partial charge in [0.1, 0.15) is 0 Å². The SMILES string of the molecule is O=C(NCCCN1CCOCC1)C1CC(=O)N(c2n[nH]c3ccccc23)C1. The Morgan fingerprint density at radius 2 is 2.11 bits per heavy atom. The van der Waals surface area contributed by atoms with Gasteiger partial charge in [-0.1, -0.05) is 12.1 Å². The lowest BCUT2D eigenvalue weighted by atomic mass is 10.1. The van der Waals surface area contributed by atoms with Crippen LogP contribution in [-0.2, 0) is 14.3 Å². The fourth-order valence-corrected chi connectivity index (χ4v) is 3.73. The van der Waals surface area contributed by atoms with Crippen LogP contribution in [-0.4, -0.2) is 72.8 Å². The number of benzene rings is 1. The molecule has 0 spiro atoms. The molecule has 0 bridgehead atoms. The molecule has 0 aliphatic carbocycles. The summed E-state index contributed by atoms with van der Waals surface area (Å²) in [7, 11) is 0. The van der Waals surface area contributed by atoms with E-state index in [0.29, 0.717) is 18.9 Å². The normalized spacial score (nSPS) is 21.1. The molecule has 1 aromatic heterocycles. The Balaban J connectivity index is 1.29. The molecule has 1 atom stereocenters. The third-order valence-electron chi connectivity index (χ3n) is 5.26. The standard InChI is InChI=1S/C19H25N5O3/c25-17-12-14(19(26)20-6-3-7-23-8-10-27-11-9-23)13-24(17)18-15-4-1-2-5-16(15)21-22-18/h1-2,4-5,14H,3,6-13H2,(H,20,26)(H,21,22). The van der Waals surface area contributed by atoms with E-state index in [-0.39, 0.29) is 24.2 Å². The lowest BCUT2D eigenvalue weighted by molar-refractivity contribution is -0.126. The van der Waals surface area contributed by atoms with E-state index in [4.69, 9.17) is 4.74 Å². The summed E-state index contributed by atoms with van der Waals surface area (Å²) in [5.41, 5.74) is 0.885. The van der Waals surface area contributed by atoms with Crippen LogP contribution in [0, 0.1) is 5.92 Å². The summed E-state index contributed by atoms with van der Waals surface area (Å²) >= 11 is 0. The molecule has 8 heteroatoms. The maximum Gasteiger partial charge on any atom is 0.229 e. The zero-order chi connectivity index (χ0) is 18.6. The number of hydrogen-bond donors (Lipinski definition) is 2. The second kappa shape index (κ2) is 8.06. The van der Waals surface area contributed by atoms with Crippen LogP contribution in [0.25, 0.3) is 10.9 Å². The van der Waals surface area contributed by atoms with Crippen molar-refractivity contribution in [3.8, 4) is 0 Å². The van der Waals surface area contributed by atoms with Gasteiger partial charge < -0.3 is 10.1 Å². The van der Waals surface area contributed by atoms with Crippen LogP contribution in [0.4, 0.5) is 5.82 Å². The van der Waals surface area contributed by atoms with Gasteiger partial charge in [-0.2, -0.15) is 5.10 Å². The van der Waals surface area contributed by atoms with Crippen molar-refractivity contribution < 1.29 is 14.3 Å². The number of anilines is 1. The van der Waals surface area contributed by atoms with Crippen molar-refractivity contribution in [2.75, 3.05) is 50.8 Å². The number of aromatic amines is 1. The molecule has 1 aromatic carbocycles. The molecule has 2 aliphatic rings. The molecular weight excluding hydrogens is 346 g/mol. The van der Waals surface area contributed by atoms with Crippen molar-refractivity contribution in [3.05, 3.63) is 24.3 Å². The maximum atomic E-state index is 12.5. The smallest absolute Gasteiger partial charge is 0.229 e. The number of aromatic nitrogens is 2. The van der Waals surface area contributed by atoms with E-state index < -0.39 is 0 Å². The lowest BCUT2D eigenvalue weighted by Crippen LogP contribution is -2.39. The van der Waals surface area contributed by atoms with Gasteiger partial charge in [0.05, 0.1) is 24.6 Å². The molecule has 2 saturated heterocycles. The Bertz CT molecular complexity index is 815. The van der Waals surface area contributed by atoms with Crippen LogP contribution in [0.15, 0.2) is 24.3 Å². The molecule has 2 aliphatic heterocycles. The largest absolute Gasteiger partial charge is 0.379 e. The Morgan fingerprint density at radius 1 is 1.30 bits per heavy atom. The zero-order valence-electron chi connectivity index (χ0n) is 15.3. The van der Waals surface area contributed by atoms with Crippen molar-refractivity contribution in [2.24, 2.45) is 5.92 Å². The number of morpholine rings is 1. The molecule has 8 nitrogen and oxygen atoms in total. The van der Waals surface area contributed by atoms with Gasteiger partial charge >= 0.3 is 0 Å². The molecule has 1 unspecified atom stereocenters. The molecule has 144 valence electrons. The predicted molar refractivity (Wildman–Crippen MR) is 101 cm³/mol. The van der Waals surface area contributed by atoms with Crippen molar-refractivity contribution in [2.45, 2.75) is 12.8 Å². The molecular formula is C19H25N5O3. The average molecular weight is 371 g/mol. The monoisotopic (exact) mass is 371 g/mol. The van der Waals surface area contributed by atoms with E-state index in [0.717, 1.165) is 50.2 Å². The van der Waals surface area contributed by atoms with Gasteiger partial charge in [-0.15, -0.1) is 0 Å². The summed E-state index contributed by atoms with van der Waals surface area (Å²) < 4.78 is 5.33.